The first-order chi connectivity index (χ1) is 12.3. The Balaban J connectivity index is 2.04. The van der Waals surface area contributed by atoms with Gasteiger partial charge in [0.15, 0.2) is 0 Å². The first-order valence-corrected chi connectivity index (χ1v) is 9.71. The predicted octanol–water partition coefficient (Wildman–Crippen LogP) is 6.92. The first kappa shape index (κ1) is 18.6. The number of ether oxygens (including phenoxy) is 1. The van der Waals surface area contributed by atoms with Gasteiger partial charge in [0.25, 0.3) is 0 Å². The number of aryl methyl sites for hydroxylation is 1. The van der Waals surface area contributed by atoms with Gasteiger partial charge < -0.3 is 9.30 Å². The highest BCUT2D eigenvalue weighted by molar-refractivity contribution is 5.88. The summed E-state index contributed by atoms with van der Waals surface area (Å²) in [6, 6.07) is 19.5. The van der Waals surface area contributed by atoms with Crippen molar-refractivity contribution < 1.29 is 4.74 Å². The van der Waals surface area contributed by atoms with Crippen molar-refractivity contribution >= 4 is 10.9 Å². The van der Waals surface area contributed by atoms with Crippen molar-refractivity contribution in [2.45, 2.75) is 59.6 Å². The van der Waals surface area contributed by atoms with E-state index < -0.39 is 0 Å². The van der Waals surface area contributed by atoms with Gasteiger partial charge >= 0.3 is 0 Å². The molecule has 2 aromatic carbocycles. The van der Waals surface area contributed by atoms with Gasteiger partial charge in [0.05, 0.1) is 5.52 Å². The highest BCUT2D eigenvalue weighted by Crippen LogP contribution is 2.32. The van der Waals surface area contributed by atoms with Gasteiger partial charge in [0.2, 0.25) is 0 Å². The molecular weight excluding hydrogens is 318 g/mol. The average Bonchev–Trinajstić information content (AvgIpc) is 2.92. The summed E-state index contributed by atoms with van der Waals surface area (Å²) < 4.78 is 8.57. The molecule has 3 aromatic rings. The molecule has 138 valence electrons. The summed E-state index contributed by atoms with van der Waals surface area (Å²) in [7, 11) is 0. The van der Waals surface area contributed by atoms with Crippen molar-refractivity contribution in [1.82, 2.24) is 4.57 Å². The van der Waals surface area contributed by atoms with E-state index in [1.807, 2.05) is 0 Å². The third kappa shape index (κ3) is 4.49. The molecular formula is C24H31NO. The molecule has 0 bridgehead atoms. The normalized spacial score (nSPS) is 12.1. The van der Waals surface area contributed by atoms with E-state index in [1.165, 1.54) is 35.0 Å². The Hall–Kier alpha value is -2.22. The minimum atomic E-state index is -0.189. The zero-order valence-corrected chi connectivity index (χ0v) is 16.8. The lowest BCUT2D eigenvalue weighted by molar-refractivity contribution is 0.131. The van der Waals surface area contributed by atoms with Crippen LogP contribution in [0.5, 0.6) is 5.75 Å². The summed E-state index contributed by atoms with van der Waals surface area (Å²) in [6.07, 6.45) is 2.43. The van der Waals surface area contributed by atoms with Crippen molar-refractivity contribution in [3.63, 3.8) is 0 Å². The molecule has 0 amide bonds. The minimum Gasteiger partial charge on any atom is -0.488 e. The van der Waals surface area contributed by atoms with Crippen molar-refractivity contribution in [2.24, 2.45) is 5.92 Å². The van der Waals surface area contributed by atoms with Crippen LogP contribution in [0.25, 0.3) is 22.2 Å². The lowest BCUT2D eigenvalue weighted by Crippen LogP contribution is -2.22. The summed E-state index contributed by atoms with van der Waals surface area (Å²) in [5.41, 5.74) is 3.63. The topological polar surface area (TPSA) is 14.2 Å². The molecule has 0 N–H and O–H groups in total. The van der Waals surface area contributed by atoms with Gasteiger partial charge in [-0.1, -0.05) is 44.2 Å². The van der Waals surface area contributed by atoms with Crippen LogP contribution in [0.4, 0.5) is 0 Å². The second kappa shape index (κ2) is 7.57. The van der Waals surface area contributed by atoms with Crippen LogP contribution in [0.1, 0.15) is 47.5 Å². The summed E-state index contributed by atoms with van der Waals surface area (Å²) in [4.78, 5) is 0. The van der Waals surface area contributed by atoms with E-state index in [0.29, 0.717) is 0 Å². The number of aromatic nitrogens is 1. The first-order valence-electron chi connectivity index (χ1n) is 9.71. The number of rotatable bonds is 6. The van der Waals surface area contributed by atoms with Crippen LogP contribution >= 0.6 is 0 Å². The van der Waals surface area contributed by atoms with Gasteiger partial charge in [0, 0.05) is 23.7 Å². The van der Waals surface area contributed by atoms with Crippen molar-refractivity contribution in [3.8, 4) is 17.0 Å². The third-order valence-electron chi connectivity index (χ3n) is 4.53. The number of hydrogen-bond acceptors (Lipinski definition) is 1. The lowest BCUT2D eigenvalue weighted by Gasteiger charge is -2.21. The molecule has 0 atom stereocenters. The van der Waals surface area contributed by atoms with Gasteiger partial charge in [-0.3, -0.25) is 0 Å². The van der Waals surface area contributed by atoms with Crippen LogP contribution < -0.4 is 4.74 Å². The lowest BCUT2D eigenvalue weighted by atomic mass is 10.1. The fraction of sp³-hybridized carbons (Fsp3) is 0.417. The molecule has 0 saturated heterocycles. The second-order valence-electron chi connectivity index (χ2n) is 8.52. The highest BCUT2D eigenvalue weighted by Gasteiger charge is 2.15. The summed E-state index contributed by atoms with van der Waals surface area (Å²) in [5, 5.41) is 1.27. The Labute approximate surface area is 157 Å². The largest absolute Gasteiger partial charge is 0.488 e. The quantitative estimate of drug-likeness (QED) is 0.471. The highest BCUT2D eigenvalue weighted by atomic mass is 16.5. The Morgan fingerprint density at radius 2 is 1.69 bits per heavy atom. The van der Waals surface area contributed by atoms with Crippen molar-refractivity contribution in [1.29, 1.82) is 0 Å². The molecule has 0 unspecified atom stereocenters. The standard InChI is InChI=1S/C24H31NO/c1-18(2)10-9-15-25-22(19-11-7-6-8-12-19)16-20-13-14-21(17-23(20)25)26-24(3,4)5/h6-8,11-14,16-18H,9-10,15H2,1-5H3. The van der Waals surface area contributed by atoms with E-state index >= 15 is 0 Å². The van der Waals surface area contributed by atoms with Crippen LogP contribution in [-0.2, 0) is 6.54 Å². The van der Waals surface area contributed by atoms with Gasteiger partial charge in [-0.25, -0.2) is 0 Å². The SMILES string of the molecule is CC(C)CCCn1c(-c2ccccc2)cc2ccc(OC(C)(C)C)cc21. The molecule has 0 aliphatic heterocycles. The molecule has 0 aliphatic rings. The van der Waals surface area contributed by atoms with Crippen molar-refractivity contribution in [2.75, 3.05) is 0 Å². The maximum Gasteiger partial charge on any atom is 0.122 e. The van der Waals surface area contributed by atoms with E-state index in [1.54, 1.807) is 0 Å². The number of hydrogen-bond donors (Lipinski definition) is 0. The maximum atomic E-state index is 6.11. The van der Waals surface area contributed by atoms with Gasteiger partial charge in [-0.2, -0.15) is 0 Å². The second-order valence-corrected chi connectivity index (χ2v) is 8.52. The van der Waals surface area contributed by atoms with E-state index in [2.05, 4.69) is 93.8 Å². The van der Waals surface area contributed by atoms with Gasteiger partial charge in [0.1, 0.15) is 11.4 Å². The Kier molecular flexibility index (Phi) is 5.41. The van der Waals surface area contributed by atoms with E-state index in [4.69, 9.17) is 4.74 Å². The number of fused-ring (bicyclic) bond motifs is 1. The fourth-order valence-corrected chi connectivity index (χ4v) is 3.40. The zero-order valence-electron chi connectivity index (χ0n) is 16.8. The average molecular weight is 350 g/mol. The molecule has 3 rings (SSSR count). The molecule has 1 aromatic heterocycles. The van der Waals surface area contributed by atoms with E-state index in [-0.39, 0.29) is 5.60 Å². The third-order valence-corrected chi connectivity index (χ3v) is 4.53. The van der Waals surface area contributed by atoms with Crippen LogP contribution in [-0.4, -0.2) is 10.2 Å². The maximum absolute atomic E-state index is 6.11. The van der Waals surface area contributed by atoms with Gasteiger partial charge in [-0.05, 0) is 63.3 Å². The smallest absolute Gasteiger partial charge is 0.122 e. The molecule has 2 nitrogen and oxygen atoms in total. The zero-order chi connectivity index (χ0) is 18.7. The molecule has 0 radical (unpaired) electrons. The van der Waals surface area contributed by atoms with E-state index in [9.17, 15) is 0 Å². The summed E-state index contributed by atoms with van der Waals surface area (Å²) in [5.74, 6) is 1.67. The monoisotopic (exact) mass is 349 g/mol. The van der Waals surface area contributed by atoms with Gasteiger partial charge in [-0.15, -0.1) is 0 Å². The predicted molar refractivity (Wildman–Crippen MR) is 112 cm³/mol. The van der Waals surface area contributed by atoms with Crippen LogP contribution in [0.15, 0.2) is 54.6 Å². The Morgan fingerprint density at radius 1 is 0.962 bits per heavy atom. The number of benzene rings is 2. The van der Waals surface area contributed by atoms with Crippen molar-refractivity contribution in [3.05, 3.63) is 54.6 Å². The van der Waals surface area contributed by atoms with Crippen LogP contribution in [0.2, 0.25) is 0 Å². The molecule has 0 aliphatic carbocycles. The minimum absolute atomic E-state index is 0.189. The molecule has 0 spiro atoms. The molecule has 2 heteroatoms. The number of nitrogens with zero attached hydrogens (tertiary/aromatic N) is 1. The molecule has 0 saturated carbocycles. The summed E-state index contributed by atoms with van der Waals surface area (Å²) >= 11 is 0. The summed E-state index contributed by atoms with van der Waals surface area (Å²) in [6.45, 7) is 11.9. The molecule has 1 heterocycles. The van der Waals surface area contributed by atoms with E-state index in [0.717, 1.165) is 18.2 Å². The fourth-order valence-electron chi connectivity index (χ4n) is 3.40. The molecule has 0 fully saturated rings. The molecule has 26 heavy (non-hydrogen) atoms. The van der Waals surface area contributed by atoms with Crippen LogP contribution in [0, 0.1) is 5.92 Å². The van der Waals surface area contributed by atoms with Crippen LogP contribution in [0.3, 0.4) is 0 Å². The Morgan fingerprint density at radius 3 is 2.35 bits per heavy atom. The Bertz CT molecular complexity index is 853.